The quantitative estimate of drug-likeness (QED) is 0.0408. The number of hydrogen-bond acceptors (Lipinski definition) is 8. The van der Waals surface area contributed by atoms with E-state index < -0.39 is 24.2 Å². The Morgan fingerprint density at radius 3 is 1.62 bits per heavy atom. The molecule has 3 aromatic rings. The summed E-state index contributed by atoms with van der Waals surface area (Å²) in [5.74, 6) is 0.143. The van der Waals surface area contributed by atoms with Crippen molar-refractivity contribution in [2.75, 3.05) is 6.61 Å². The van der Waals surface area contributed by atoms with Gasteiger partial charge in [-0.25, -0.2) is 14.4 Å². The van der Waals surface area contributed by atoms with Gasteiger partial charge in [0.15, 0.2) is 0 Å². The van der Waals surface area contributed by atoms with Gasteiger partial charge >= 0.3 is 17.9 Å². The maximum Gasteiger partial charge on any atom is 0.343 e. The predicted molar refractivity (Wildman–Crippen MR) is 173 cm³/mol. The van der Waals surface area contributed by atoms with Crippen LogP contribution in [0, 0.1) is 0 Å². The van der Waals surface area contributed by atoms with Crippen LogP contribution in [-0.4, -0.2) is 30.8 Å². The maximum atomic E-state index is 12.7. The van der Waals surface area contributed by atoms with Crippen molar-refractivity contribution in [1.29, 1.82) is 0 Å². The van der Waals surface area contributed by atoms with Gasteiger partial charge in [0, 0.05) is 12.5 Å². The minimum atomic E-state index is -0.749. The van der Waals surface area contributed by atoms with Gasteiger partial charge in [-0.1, -0.05) is 65.4 Å². The lowest BCUT2D eigenvalue weighted by Gasteiger charge is -2.18. The second-order valence-corrected chi connectivity index (χ2v) is 10.6. The molecule has 3 rings (SSSR count). The molecule has 240 valence electrons. The molecule has 0 heterocycles. The molecule has 3 aromatic carbocycles. The Labute approximate surface area is 266 Å². The van der Waals surface area contributed by atoms with Crippen molar-refractivity contribution in [1.82, 2.24) is 0 Å². The lowest BCUT2D eigenvalue weighted by atomic mass is 10.1. The van der Waals surface area contributed by atoms with Crippen LogP contribution in [-0.2, 0) is 9.53 Å². The van der Waals surface area contributed by atoms with Gasteiger partial charge in [-0.2, -0.15) is 0 Å². The molecule has 45 heavy (non-hydrogen) atoms. The fourth-order valence-electron chi connectivity index (χ4n) is 4.37. The SMILES string of the molecule is C=CC(=O)OC(CCCCC)Oc1ccc(C(=O)Oc2ccc(OC(=O)c3ccc(OCCCCCCCC)cc3)cc2)cc1. The van der Waals surface area contributed by atoms with Gasteiger partial charge in [-0.15, -0.1) is 0 Å². The summed E-state index contributed by atoms with van der Waals surface area (Å²) < 4.78 is 27.8. The summed E-state index contributed by atoms with van der Waals surface area (Å²) in [4.78, 5) is 36.9. The number of ether oxygens (including phenoxy) is 5. The van der Waals surface area contributed by atoms with E-state index in [0.717, 1.165) is 38.2 Å². The molecule has 0 aromatic heterocycles. The Kier molecular flexibility index (Phi) is 15.2. The Morgan fingerprint density at radius 2 is 1.09 bits per heavy atom. The smallest absolute Gasteiger partial charge is 0.343 e. The molecule has 0 aliphatic heterocycles. The first kappa shape index (κ1) is 34.9. The molecule has 0 N–H and O–H groups in total. The van der Waals surface area contributed by atoms with E-state index in [9.17, 15) is 14.4 Å². The van der Waals surface area contributed by atoms with Crippen molar-refractivity contribution in [2.24, 2.45) is 0 Å². The molecule has 0 saturated carbocycles. The van der Waals surface area contributed by atoms with Crippen LogP contribution in [0.4, 0.5) is 0 Å². The van der Waals surface area contributed by atoms with Gasteiger partial charge in [0.05, 0.1) is 17.7 Å². The van der Waals surface area contributed by atoms with Gasteiger partial charge in [0.1, 0.15) is 23.0 Å². The number of benzene rings is 3. The average molecular weight is 617 g/mol. The molecule has 0 saturated heterocycles. The van der Waals surface area contributed by atoms with Crippen LogP contribution in [0.15, 0.2) is 85.5 Å². The minimum Gasteiger partial charge on any atom is -0.494 e. The van der Waals surface area contributed by atoms with Crippen molar-refractivity contribution in [2.45, 2.75) is 84.3 Å². The predicted octanol–water partition coefficient (Wildman–Crippen LogP) is 8.88. The fourth-order valence-corrected chi connectivity index (χ4v) is 4.37. The highest BCUT2D eigenvalue weighted by atomic mass is 16.7. The summed E-state index contributed by atoms with van der Waals surface area (Å²) in [7, 11) is 0. The fraction of sp³-hybridized carbons (Fsp3) is 0.378. The van der Waals surface area contributed by atoms with E-state index in [0.29, 0.717) is 47.2 Å². The van der Waals surface area contributed by atoms with Gasteiger partial charge in [0.2, 0.25) is 6.29 Å². The van der Waals surface area contributed by atoms with Crippen molar-refractivity contribution in [3.63, 3.8) is 0 Å². The highest BCUT2D eigenvalue weighted by Gasteiger charge is 2.16. The number of rotatable bonds is 20. The lowest BCUT2D eigenvalue weighted by molar-refractivity contribution is -0.158. The second kappa shape index (κ2) is 19.6. The van der Waals surface area contributed by atoms with E-state index in [-0.39, 0.29) is 0 Å². The molecule has 0 aliphatic carbocycles. The van der Waals surface area contributed by atoms with Gasteiger partial charge in [0.25, 0.3) is 0 Å². The molecule has 8 heteroatoms. The van der Waals surface area contributed by atoms with Crippen LogP contribution in [0.2, 0.25) is 0 Å². The van der Waals surface area contributed by atoms with E-state index in [1.165, 1.54) is 25.7 Å². The number of esters is 3. The van der Waals surface area contributed by atoms with Crippen LogP contribution >= 0.6 is 0 Å². The third kappa shape index (κ3) is 12.9. The van der Waals surface area contributed by atoms with Crippen LogP contribution in [0.1, 0.15) is 98.8 Å². The second-order valence-electron chi connectivity index (χ2n) is 10.6. The summed E-state index contributed by atoms with van der Waals surface area (Å²) in [6.07, 6.45) is 10.9. The van der Waals surface area contributed by atoms with Crippen molar-refractivity contribution < 1.29 is 38.1 Å². The maximum absolute atomic E-state index is 12.7. The molecule has 0 bridgehead atoms. The summed E-state index contributed by atoms with van der Waals surface area (Å²) >= 11 is 0. The van der Waals surface area contributed by atoms with E-state index in [4.69, 9.17) is 23.7 Å². The first-order chi connectivity index (χ1) is 21.9. The van der Waals surface area contributed by atoms with Gasteiger partial charge in [-0.05, 0) is 85.6 Å². The zero-order chi connectivity index (χ0) is 32.3. The van der Waals surface area contributed by atoms with Gasteiger partial charge in [-0.3, -0.25) is 0 Å². The lowest BCUT2D eigenvalue weighted by Crippen LogP contribution is -2.23. The Hall–Kier alpha value is -4.59. The molecule has 0 fully saturated rings. The summed E-state index contributed by atoms with van der Waals surface area (Å²) in [6, 6.07) is 19.4. The minimum absolute atomic E-state index is 0.291. The third-order valence-corrected chi connectivity index (χ3v) is 6.92. The highest BCUT2D eigenvalue weighted by Crippen LogP contribution is 2.22. The van der Waals surface area contributed by atoms with E-state index in [2.05, 4.69) is 20.4 Å². The molecular weight excluding hydrogens is 572 g/mol. The number of unbranched alkanes of at least 4 members (excludes halogenated alkanes) is 7. The molecule has 1 unspecified atom stereocenters. The first-order valence-electron chi connectivity index (χ1n) is 15.8. The Balaban J connectivity index is 1.45. The molecule has 8 nitrogen and oxygen atoms in total. The molecule has 1 atom stereocenters. The number of hydrogen-bond donors (Lipinski definition) is 0. The largest absolute Gasteiger partial charge is 0.494 e. The summed E-state index contributed by atoms with van der Waals surface area (Å²) in [5, 5.41) is 0. The van der Waals surface area contributed by atoms with E-state index in [1.54, 1.807) is 72.8 Å². The molecule has 0 amide bonds. The third-order valence-electron chi connectivity index (χ3n) is 6.92. The first-order valence-corrected chi connectivity index (χ1v) is 15.8. The number of carbonyl (C=O) groups is 3. The van der Waals surface area contributed by atoms with Gasteiger partial charge < -0.3 is 23.7 Å². The normalized spacial score (nSPS) is 11.2. The van der Waals surface area contributed by atoms with Crippen LogP contribution in [0.3, 0.4) is 0 Å². The Bertz CT molecular complexity index is 1330. The molecule has 0 radical (unpaired) electrons. The van der Waals surface area contributed by atoms with E-state index >= 15 is 0 Å². The van der Waals surface area contributed by atoms with Crippen LogP contribution < -0.4 is 18.9 Å². The average Bonchev–Trinajstić information content (AvgIpc) is 3.05. The molecule has 0 aliphatic rings. The van der Waals surface area contributed by atoms with Crippen molar-refractivity contribution >= 4 is 17.9 Å². The summed E-state index contributed by atoms with van der Waals surface area (Å²) in [6.45, 7) is 8.37. The molecule has 0 spiro atoms. The number of carbonyl (C=O) groups excluding carboxylic acids is 3. The zero-order valence-corrected chi connectivity index (χ0v) is 26.3. The van der Waals surface area contributed by atoms with E-state index in [1.807, 2.05) is 0 Å². The van der Waals surface area contributed by atoms with Crippen molar-refractivity contribution in [3.05, 3.63) is 96.6 Å². The standard InChI is InChI=1S/C37H44O8/c1-4-7-9-10-11-13-27-41-30-19-15-28(16-20-30)36(39)43-32-23-25-33(26-24-32)44-37(40)29-17-21-31(22-18-29)42-35(14-12-8-5-2)45-34(38)6-3/h6,15-26,35H,3-5,7-14,27H2,1-2H3. The Morgan fingerprint density at radius 1 is 0.622 bits per heavy atom. The molecular formula is C37H44O8. The topological polar surface area (TPSA) is 97.4 Å². The van der Waals surface area contributed by atoms with Crippen molar-refractivity contribution in [3.8, 4) is 23.0 Å². The zero-order valence-electron chi connectivity index (χ0n) is 26.3. The monoisotopic (exact) mass is 616 g/mol. The highest BCUT2D eigenvalue weighted by molar-refractivity contribution is 5.92. The van der Waals surface area contributed by atoms with Crippen LogP contribution in [0.5, 0.6) is 23.0 Å². The summed E-state index contributed by atoms with van der Waals surface area (Å²) in [5.41, 5.74) is 0.707. The van der Waals surface area contributed by atoms with Crippen LogP contribution in [0.25, 0.3) is 0 Å².